The van der Waals surface area contributed by atoms with E-state index in [-0.39, 0.29) is 5.04 Å². The maximum absolute atomic E-state index is 11.2. The molecule has 106 valence electrons. The summed E-state index contributed by atoms with van der Waals surface area (Å²) >= 11 is 0. The van der Waals surface area contributed by atoms with Crippen LogP contribution in [0, 0.1) is 0 Å². The Morgan fingerprint density at radius 3 is 2.33 bits per heavy atom. The number of rotatable bonds is 4. The molecule has 0 radical (unpaired) electrons. The summed E-state index contributed by atoms with van der Waals surface area (Å²) in [6.45, 7) is 11.0. The van der Waals surface area contributed by atoms with Crippen molar-refractivity contribution in [3.63, 3.8) is 0 Å². The van der Waals surface area contributed by atoms with E-state index in [4.69, 9.17) is 9.16 Å². The zero-order chi connectivity index (χ0) is 14.1. The first kappa shape index (κ1) is 15.6. The van der Waals surface area contributed by atoms with E-state index in [1.54, 1.807) is 0 Å². The highest BCUT2D eigenvalue weighted by Gasteiger charge is 2.48. The predicted octanol–water partition coefficient (Wildman–Crippen LogP) is 1.31. The largest absolute Gasteiger partial charge is 0.467 e. The van der Waals surface area contributed by atoms with Crippen LogP contribution in [0.3, 0.4) is 0 Å². The summed E-state index contributed by atoms with van der Waals surface area (Å²) in [6, 6.07) is 0. The minimum absolute atomic E-state index is 0.115. The number of hydrogen-bond acceptors (Lipinski definition) is 5. The van der Waals surface area contributed by atoms with Crippen LogP contribution < -0.4 is 0 Å². The second-order valence-electron chi connectivity index (χ2n) is 6.18. The standard InChI is InChI=1S/C12H24O5Si/c1-12(2,3)18(5,6)16-7-8-9(13)10(17-8)11(14)15-4/h8-10,13H,7H2,1-6H3/t8-,9-,10+/m1/s1. The summed E-state index contributed by atoms with van der Waals surface area (Å²) in [6.07, 6.45) is -2.12. The monoisotopic (exact) mass is 276 g/mol. The molecule has 0 aliphatic carbocycles. The minimum atomic E-state index is -1.84. The van der Waals surface area contributed by atoms with Gasteiger partial charge in [0.2, 0.25) is 0 Å². The summed E-state index contributed by atoms with van der Waals surface area (Å²) < 4.78 is 15.7. The number of aliphatic hydroxyl groups excluding tert-OH is 1. The fraction of sp³-hybridized carbons (Fsp3) is 0.917. The van der Waals surface area contributed by atoms with Gasteiger partial charge in [0, 0.05) is 0 Å². The highest BCUT2D eigenvalue weighted by Crippen LogP contribution is 2.37. The van der Waals surface area contributed by atoms with Gasteiger partial charge in [-0.25, -0.2) is 4.79 Å². The first-order chi connectivity index (χ1) is 8.10. The first-order valence-electron chi connectivity index (χ1n) is 6.15. The van der Waals surface area contributed by atoms with Gasteiger partial charge in [0.25, 0.3) is 0 Å². The van der Waals surface area contributed by atoms with E-state index >= 15 is 0 Å². The fourth-order valence-electron chi connectivity index (χ4n) is 1.41. The van der Waals surface area contributed by atoms with Crippen LogP contribution in [0.1, 0.15) is 20.8 Å². The Labute approximate surface area is 110 Å². The Hall–Kier alpha value is -0.433. The molecule has 1 aliphatic rings. The van der Waals surface area contributed by atoms with Crippen molar-refractivity contribution in [2.75, 3.05) is 13.7 Å². The van der Waals surface area contributed by atoms with Crippen LogP contribution in [-0.4, -0.2) is 51.4 Å². The van der Waals surface area contributed by atoms with Crippen LogP contribution in [0.4, 0.5) is 0 Å². The third kappa shape index (κ3) is 3.11. The molecular formula is C12H24O5Si. The summed E-state index contributed by atoms with van der Waals surface area (Å²) in [7, 11) is -0.569. The second kappa shape index (κ2) is 5.28. The lowest BCUT2D eigenvalue weighted by atomic mass is 10.0. The second-order valence-corrected chi connectivity index (χ2v) is 11.0. The van der Waals surface area contributed by atoms with E-state index in [1.807, 2.05) is 0 Å². The number of methoxy groups -OCH3 is 1. The van der Waals surface area contributed by atoms with Crippen molar-refractivity contribution in [2.45, 2.75) is 57.2 Å². The Balaban J connectivity index is 2.42. The van der Waals surface area contributed by atoms with Gasteiger partial charge in [-0.05, 0) is 18.1 Å². The zero-order valence-corrected chi connectivity index (χ0v) is 13.0. The summed E-state index contributed by atoms with van der Waals surface area (Å²) in [5, 5.41) is 9.89. The molecule has 3 atom stereocenters. The highest BCUT2D eigenvalue weighted by atomic mass is 28.4. The van der Waals surface area contributed by atoms with Gasteiger partial charge in [-0.1, -0.05) is 20.8 Å². The third-order valence-electron chi connectivity index (χ3n) is 3.86. The van der Waals surface area contributed by atoms with Gasteiger partial charge >= 0.3 is 5.97 Å². The van der Waals surface area contributed by atoms with E-state index in [2.05, 4.69) is 38.6 Å². The van der Waals surface area contributed by atoms with E-state index in [1.165, 1.54) is 7.11 Å². The summed E-state index contributed by atoms with van der Waals surface area (Å²) in [5.74, 6) is -0.536. The lowest BCUT2D eigenvalue weighted by Crippen LogP contribution is -2.60. The first-order valence-corrected chi connectivity index (χ1v) is 9.06. The Morgan fingerprint density at radius 2 is 1.94 bits per heavy atom. The average molecular weight is 276 g/mol. The van der Waals surface area contributed by atoms with Crippen LogP contribution in [0.2, 0.25) is 18.1 Å². The van der Waals surface area contributed by atoms with Crippen molar-refractivity contribution < 1.29 is 23.8 Å². The topological polar surface area (TPSA) is 65.0 Å². The lowest BCUT2D eigenvalue weighted by molar-refractivity contribution is -0.238. The third-order valence-corrected chi connectivity index (χ3v) is 8.36. The van der Waals surface area contributed by atoms with Crippen LogP contribution >= 0.6 is 0 Å². The number of carbonyl (C=O) groups is 1. The van der Waals surface area contributed by atoms with Crippen molar-refractivity contribution in [3.05, 3.63) is 0 Å². The number of esters is 1. The number of aliphatic hydroxyl groups is 1. The minimum Gasteiger partial charge on any atom is -0.467 e. The van der Waals surface area contributed by atoms with Crippen molar-refractivity contribution >= 4 is 14.3 Å². The van der Waals surface area contributed by atoms with Gasteiger partial charge in [0.15, 0.2) is 14.4 Å². The molecule has 1 N–H and O–H groups in total. The molecule has 0 amide bonds. The molecule has 1 rings (SSSR count). The summed E-state index contributed by atoms with van der Waals surface area (Å²) in [5.41, 5.74) is 0. The molecule has 1 saturated heterocycles. The SMILES string of the molecule is COC(=O)[C@H]1O[C@H](CO[Si](C)(C)C(C)(C)C)[C@H]1O. The molecule has 18 heavy (non-hydrogen) atoms. The molecular weight excluding hydrogens is 252 g/mol. The Bertz CT molecular complexity index is 310. The van der Waals surface area contributed by atoms with Gasteiger partial charge in [0.1, 0.15) is 12.2 Å². The molecule has 0 saturated carbocycles. The number of carbonyl (C=O) groups excluding carboxylic acids is 1. The van der Waals surface area contributed by atoms with Gasteiger partial charge in [-0.3, -0.25) is 0 Å². The highest BCUT2D eigenvalue weighted by molar-refractivity contribution is 6.74. The molecule has 0 aromatic rings. The Kier molecular flexibility index (Phi) is 4.59. The van der Waals surface area contributed by atoms with E-state index in [9.17, 15) is 9.90 Å². The normalized spacial score (nSPS) is 28.7. The lowest BCUT2D eigenvalue weighted by Gasteiger charge is -2.43. The van der Waals surface area contributed by atoms with Crippen LogP contribution in [0.25, 0.3) is 0 Å². The van der Waals surface area contributed by atoms with Crippen LogP contribution in [0.5, 0.6) is 0 Å². The molecule has 6 heteroatoms. The molecule has 0 spiro atoms. The van der Waals surface area contributed by atoms with Gasteiger partial charge in [-0.2, -0.15) is 0 Å². The quantitative estimate of drug-likeness (QED) is 0.619. The molecule has 0 bridgehead atoms. The average Bonchev–Trinajstić information content (AvgIpc) is 2.24. The zero-order valence-electron chi connectivity index (χ0n) is 12.0. The summed E-state index contributed by atoms with van der Waals surface area (Å²) in [4.78, 5) is 11.2. The van der Waals surface area contributed by atoms with E-state index < -0.39 is 32.6 Å². The molecule has 0 aromatic heterocycles. The number of hydrogen-bond donors (Lipinski definition) is 1. The molecule has 5 nitrogen and oxygen atoms in total. The van der Waals surface area contributed by atoms with Gasteiger partial charge in [0.05, 0.1) is 13.7 Å². The van der Waals surface area contributed by atoms with E-state index in [0.717, 1.165) is 0 Å². The van der Waals surface area contributed by atoms with Crippen molar-refractivity contribution in [1.82, 2.24) is 0 Å². The molecule has 0 unspecified atom stereocenters. The molecule has 0 aromatic carbocycles. The molecule has 1 fully saturated rings. The Morgan fingerprint density at radius 1 is 1.39 bits per heavy atom. The smallest absolute Gasteiger partial charge is 0.337 e. The maximum atomic E-state index is 11.2. The van der Waals surface area contributed by atoms with E-state index in [0.29, 0.717) is 6.61 Å². The van der Waals surface area contributed by atoms with Crippen molar-refractivity contribution in [3.8, 4) is 0 Å². The molecule has 1 heterocycles. The maximum Gasteiger partial charge on any atom is 0.337 e. The van der Waals surface area contributed by atoms with Gasteiger partial charge < -0.3 is 19.0 Å². The van der Waals surface area contributed by atoms with Gasteiger partial charge in [-0.15, -0.1) is 0 Å². The van der Waals surface area contributed by atoms with Crippen LogP contribution in [-0.2, 0) is 18.7 Å². The fourth-order valence-corrected chi connectivity index (χ4v) is 2.42. The molecule has 1 aliphatic heterocycles. The van der Waals surface area contributed by atoms with Crippen LogP contribution in [0.15, 0.2) is 0 Å². The van der Waals surface area contributed by atoms with Crippen molar-refractivity contribution in [2.24, 2.45) is 0 Å². The predicted molar refractivity (Wildman–Crippen MR) is 69.8 cm³/mol. The van der Waals surface area contributed by atoms with Crippen molar-refractivity contribution in [1.29, 1.82) is 0 Å². The number of ether oxygens (including phenoxy) is 2.